The van der Waals surface area contributed by atoms with Gasteiger partial charge < -0.3 is 4.74 Å². The Morgan fingerprint density at radius 3 is 2.67 bits per heavy atom. The van der Waals surface area contributed by atoms with Gasteiger partial charge >= 0.3 is 5.97 Å². The highest BCUT2D eigenvalue weighted by molar-refractivity contribution is 5.95. The molecule has 0 aliphatic heterocycles. The summed E-state index contributed by atoms with van der Waals surface area (Å²) >= 11 is 0. The van der Waals surface area contributed by atoms with E-state index in [1.807, 2.05) is 0 Å². The fourth-order valence-corrected chi connectivity index (χ4v) is 1.43. The molecule has 0 radical (unpaired) electrons. The maximum absolute atomic E-state index is 13.6. The number of carbonyl (C=O) groups is 1. The third-order valence-electron chi connectivity index (χ3n) is 2.13. The number of rotatable bonds is 1. The first-order valence-electron chi connectivity index (χ1n) is 4.20. The highest BCUT2D eigenvalue weighted by Crippen LogP contribution is 2.25. The number of halogens is 2. The number of methoxy groups -OCH3 is 1. The summed E-state index contributed by atoms with van der Waals surface area (Å²) in [5, 5.41) is 0.0559. The Balaban J connectivity index is 2.81. The Bertz CT molecular complexity index is 494. The molecule has 2 rings (SSSR count). The third-order valence-corrected chi connectivity index (χ3v) is 2.13. The van der Waals surface area contributed by atoms with E-state index in [-0.39, 0.29) is 15.7 Å². The number of aromatic nitrogens is 1. The van der Waals surface area contributed by atoms with Gasteiger partial charge in [0.05, 0.1) is 12.6 Å². The smallest absolute Gasteiger partial charge is 0.360 e. The molecular formula is C10H7F2NO2. The largest absolute Gasteiger partial charge is 0.464 e. The lowest BCUT2D eigenvalue weighted by molar-refractivity contribution is 0.0571. The van der Waals surface area contributed by atoms with Crippen LogP contribution in [0.1, 0.15) is 10.5 Å². The van der Waals surface area contributed by atoms with Crippen molar-refractivity contribution in [2.75, 3.05) is 7.11 Å². The van der Waals surface area contributed by atoms with E-state index in [9.17, 15) is 13.7 Å². The molecular weight excluding hydrogens is 204 g/mol. The molecule has 0 saturated heterocycles. The molecule has 0 unspecified atom stereocenters. The lowest BCUT2D eigenvalue weighted by Gasteiger charge is -1.97. The lowest BCUT2D eigenvalue weighted by atomic mass is 10.2. The summed E-state index contributed by atoms with van der Waals surface area (Å²) < 4.78 is 31.4. The zero-order chi connectivity index (χ0) is 11.0. The van der Waals surface area contributed by atoms with Crippen molar-refractivity contribution in [1.82, 2.24) is 4.79 Å². The number of carbonyl (C=O) groups excluding carboxylic acids is 1. The first-order valence-corrected chi connectivity index (χ1v) is 4.20. The second-order valence-electron chi connectivity index (χ2n) is 2.95. The van der Waals surface area contributed by atoms with Gasteiger partial charge in [-0.15, -0.1) is 0 Å². The molecule has 0 bridgehead atoms. The van der Waals surface area contributed by atoms with Gasteiger partial charge in [-0.2, -0.15) is 4.79 Å². The summed E-state index contributed by atoms with van der Waals surface area (Å²) in [6, 6.07) is 5.89. The highest BCUT2D eigenvalue weighted by atomic mass is 19.2. The molecule has 0 spiro atoms. The minimum Gasteiger partial charge on any atom is -0.464 e. The third kappa shape index (κ3) is 1.27. The quantitative estimate of drug-likeness (QED) is 0.677. The molecule has 5 heteroatoms. The van der Waals surface area contributed by atoms with Gasteiger partial charge in [-0.1, -0.05) is 16.6 Å². The Morgan fingerprint density at radius 1 is 1.40 bits per heavy atom. The summed E-state index contributed by atoms with van der Waals surface area (Å²) in [5.41, 5.74) is -0.700. The van der Waals surface area contributed by atoms with Crippen molar-refractivity contribution in [2.24, 2.45) is 0 Å². The predicted molar refractivity (Wildman–Crippen MR) is 49.7 cm³/mol. The van der Waals surface area contributed by atoms with Gasteiger partial charge in [0, 0.05) is 5.39 Å². The van der Waals surface area contributed by atoms with Gasteiger partial charge in [0.2, 0.25) is 0 Å². The summed E-state index contributed by atoms with van der Waals surface area (Å²) in [6.07, 6.45) is 0. The van der Waals surface area contributed by atoms with Crippen LogP contribution in [0.3, 0.4) is 0 Å². The minimum absolute atomic E-state index is 0.00347. The summed E-state index contributed by atoms with van der Waals surface area (Å²) in [4.78, 5) is 11.1. The van der Waals surface area contributed by atoms with E-state index < -0.39 is 17.5 Å². The molecule has 2 aromatic rings. The SMILES string of the molecule is COC(=O)c1c(F)c2ccccc2n1F. The van der Waals surface area contributed by atoms with E-state index in [0.29, 0.717) is 0 Å². The van der Waals surface area contributed by atoms with Crippen molar-refractivity contribution in [3.63, 3.8) is 0 Å². The van der Waals surface area contributed by atoms with Crippen molar-refractivity contribution in [2.45, 2.75) is 0 Å². The summed E-state index contributed by atoms with van der Waals surface area (Å²) in [5.74, 6) is -1.94. The number of fused-ring (bicyclic) bond motifs is 1. The molecule has 0 fully saturated rings. The first kappa shape index (κ1) is 9.64. The van der Waals surface area contributed by atoms with Crippen LogP contribution in [0.25, 0.3) is 10.9 Å². The van der Waals surface area contributed by atoms with Crippen LogP contribution < -0.4 is 0 Å². The number of hydrogen-bond acceptors (Lipinski definition) is 2. The molecule has 1 aromatic heterocycles. The molecule has 15 heavy (non-hydrogen) atoms. The molecule has 1 heterocycles. The molecule has 0 saturated carbocycles. The molecule has 0 atom stereocenters. The van der Waals surface area contributed by atoms with Crippen LogP contribution in [0.5, 0.6) is 0 Å². The molecule has 0 amide bonds. The van der Waals surface area contributed by atoms with Gasteiger partial charge in [-0.25, -0.2) is 9.18 Å². The summed E-state index contributed by atoms with van der Waals surface area (Å²) in [6.45, 7) is 0. The van der Waals surface area contributed by atoms with Gasteiger partial charge in [0.1, 0.15) is 0 Å². The van der Waals surface area contributed by atoms with E-state index in [0.717, 1.165) is 7.11 Å². The van der Waals surface area contributed by atoms with E-state index in [2.05, 4.69) is 4.74 Å². The van der Waals surface area contributed by atoms with Crippen LogP contribution >= 0.6 is 0 Å². The van der Waals surface area contributed by atoms with E-state index in [1.165, 1.54) is 12.1 Å². The normalized spacial score (nSPS) is 10.6. The fraction of sp³-hybridized carbons (Fsp3) is 0.100. The Morgan fingerprint density at radius 2 is 2.07 bits per heavy atom. The number of nitrogens with zero attached hydrogens (tertiary/aromatic N) is 1. The maximum Gasteiger partial charge on any atom is 0.360 e. The molecule has 1 aromatic carbocycles. The van der Waals surface area contributed by atoms with Crippen molar-refractivity contribution in [3.05, 3.63) is 35.8 Å². The first-order chi connectivity index (χ1) is 7.16. The monoisotopic (exact) mass is 211 g/mol. The van der Waals surface area contributed by atoms with Crippen LogP contribution in [-0.4, -0.2) is 17.9 Å². The number of ether oxygens (including phenoxy) is 1. The summed E-state index contributed by atoms with van der Waals surface area (Å²) in [7, 11) is 1.07. The zero-order valence-corrected chi connectivity index (χ0v) is 7.83. The lowest BCUT2D eigenvalue weighted by Crippen LogP contribution is -2.07. The number of benzene rings is 1. The average molecular weight is 211 g/mol. The second kappa shape index (κ2) is 3.34. The fourth-order valence-electron chi connectivity index (χ4n) is 1.43. The Kier molecular flexibility index (Phi) is 2.15. The van der Waals surface area contributed by atoms with E-state index in [4.69, 9.17) is 0 Å². The van der Waals surface area contributed by atoms with Gasteiger partial charge in [-0.3, -0.25) is 0 Å². The zero-order valence-electron chi connectivity index (χ0n) is 7.83. The molecule has 0 N–H and O–H groups in total. The second-order valence-corrected chi connectivity index (χ2v) is 2.95. The van der Waals surface area contributed by atoms with Crippen LogP contribution in [-0.2, 0) is 4.74 Å². The van der Waals surface area contributed by atoms with Gasteiger partial charge in [0.15, 0.2) is 11.5 Å². The molecule has 3 nitrogen and oxygen atoms in total. The van der Waals surface area contributed by atoms with Crippen molar-refractivity contribution in [1.29, 1.82) is 0 Å². The molecule has 0 aliphatic rings. The van der Waals surface area contributed by atoms with Crippen molar-refractivity contribution in [3.8, 4) is 0 Å². The van der Waals surface area contributed by atoms with Crippen LogP contribution in [0, 0.1) is 5.82 Å². The van der Waals surface area contributed by atoms with Crippen LogP contribution in [0.4, 0.5) is 8.87 Å². The predicted octanol–water partition coefficient (Wildman–Crippen LogP) is 2.30. The van der Waals surface area contributed by atoms with Gasteiger partial charge in [0.25, 0.3) is 0 Å². The Labute approximate surface area is 83.8 Å². The highest BCUT2D eigenvalue weighted by Gasteiger charge is 2.23. The van der Waals surface area contributed by atoms with Crippen molar-refractivity contribution < 1.29 is 18.4 Å². The standard InChI is InChI=1S/C10H7F2NO2/c1-15-10(14)9-8(11)6-4-2-3-5-7(6)13(9)12/h2-5H,1H3. The maximum atomic E-state index is 13.6. The van der Waals surface area contributed by atoms with Gasteiger partial charge in [-0.05, 0) is 12.1 Å². The number of hydrogen-bond donors (Lipinski definition) is 0. The number of esters is 1. The topological polar surface area (TPSA) is 31.2 Å². The van der Waals surface area contributed by atoms with Crippen molar-refractivity contribution >= 4 is 16.9 Å². The molecule has 78 valence electrons. The van der Waals surface area contributed by atoms with Crippen LogP contribution in [0.2, 0.25) is 0 Å². The van der Waals surface area contributed by atoms with E-state index >= 15 is 0 Å². The Hall–Kier alpha value is -1.91. The molecule has 0 aliphatic carbocycles. The average Bonchev–Trinajstić information content (AvgIpc) is 2.52. The minimum atomic E-state index is -1.04. The number of para-hydroxylation sites is 1. The van der Waals surface area contributed by atoms with E-state index in [1.54, 1.807) is 12.1 Å². The van der Waals surface area contributed by atoms with Crippen LogP contribution in [0.15, 0.2) is 24.3 Å².